The number of aryl methyl sites for hydroxylation is 2. The second-order valence-corrected chi connectivity index (χ2v) is 8.54. The van der Waals surface area contributed by atoms with E-state index in [1.807, 2.05) is 38.1 Å². The van der Waals surface area contributed by atoms with Gasteiger partial charge in [-0.1, -0.05) is 17.7 Å². The maximum atomic E-state index is 6.16. The Bertz CT molecular complexity index is 932. The van der Waals surface area contributed by atoms with Gasteiger partial charge in [0, 0.05) is 54.3 Å². The van der Waals surface area contributed by atoms with Crippen molar-refractivity contribution in [3.63, 3.8) is 0 Å². The van der Waals surface area contributed by atoms with Gasteiger partial charge in [-0.25, -0.2) is 9.97 Å². The van der Waals surface area contributed by atoms with Crippen molar-refractivity contribution in [3.05, 3.63) is 46.7 Å². The first-order valence-electron chi connectivity index (χ1n) is 10.2. The molecule has 0 spiro atoms. The number of nitrogens with one attached hydrogen (secondary N) is 2. The molecule has 30 heavy (non-hydrogen) atoms. The molecule has 0 bridgehead atoms. The molecule has 2 aromatic rings. The third-order valence-corrected chi connectivity index (χ3v) is 5.52. The van der Waals surface area contributed by atoms with Gasteiger partial charge in [0.05, 0.1) is 0 Å². The molecule has 1 aromatic heterocycles. The van der Waals surface area contributed by atoms with Crippen molar-refractivity contribution in [3.8, 4) is 0 Å². The fraction of sp³-hybridized carbons (Fsp3) is 0.429. The van der Waals surface area contributed by atoms with Gasteiger partial charge in [0.1, 0.15) is 0 Å². The molecule has 1 aliphatic carbocycles. The minimum Gasteiger partial charge on any atom is -0.368 e. The van der Waals surface area contributed by atoms with Crippen LogP contribution in [-0.2, 0) is 0 Å². The van der Waals surface area contributed by atoms with Crippen LogP contribution in [0.3, 0.4) is 0 Å². The molecule has 0 unspecified atom stereocenters. The van der Waals surface area contributed by atoms with Crippen LogP contribution in [0.2, 0.25) is 5.02 Å². The third kappa shape index (κ3) is 5.58. The van der Waals surface area contributed by atoms with E-state index in [0.717, 1.165) is 61.1 Å². The van der Waals surface area contributed by atoms with Crippen molar-refractivity contribution in [1.82, 2.24) is 20.2 Å². The van der Waals surface area contributed by atoms with Crippen LogP contribution in [0.15, 0.2) is 35.3 Å². The molecule has 158 valence electrons. The lowest BCUT2D eigenvalue weighted by Crippen LogP contribution is -2.51. The van der Waals surface area contributed by atoms with E-state index in [9.17, 15) is 0 Å². The largest absolute Gasteiger partial charge is 0.368 e. The van der Waals surface area contributed by atoms with Gasteiger partial charge in [-0.05, 0) is 63.2 Å². The summed E-state index contributed by atoms with van der Waals surface area (Å²) < 4.78 is 0. The number of rotatable bonds is 3. The fourth-order valence-corrected chi connectivity index (χ4v) is 3.88. The maximum absolute atomic E-state index is 6.16. The van der Waals surface area contributed by atoms with Crippen LogP contribution in [0, 0.1) is 13.8 Å². The fourth-order valence-electron chi connectivity index (χ4n) is 3.44. The first kappa shape index (κ1) is 20.8. The van der Waals surface area contributed by atoms with E-state index in [0.29, 0.717) is 23.1 Å². The summed E-state index contributed by atoms with van der Waals surface area (Å²) in [6, 6.07) is 10.4. The van der Waals surface area contributed by atoms with Crippen molar-refractivity contribution in [2.45, 2.75) is 32.7 Å². The summed E-state index contributed by atoms with van der Waals surface area (Å²) in [5.74, 6) is 1.22. The van der Waals surface area contributed by atoms with E-state index in [1.54, 1.807) is 0 Å². The lowest BCUT2D eigenvalue weighted by Gasteiger charge is -2.37. The highest BCUT2D eigenvalue weighted by Gasteiger charge is 2.24. The molecule has 7 nitrogen and oxygen atoms in total. The van der Waals surface area contributed by atoms with Crippen LogP contribution in [-0.4, -0.2) is 58.2 Å². The molecular formula is C21H26ClN7S. The molecule has 2 fully saturated rings. The molecule has 4 rings (SSSR count). The molecule has 2 heterocycles. The molecule has 0 atom stereocenters. The standard InChI is InChI=1S/C21H26ClN7S/c1-14-12-15(2)24-19(23-14)26-20(27-21(30)25-17-6-7-17)29-10-8-28(9-11-29)18-5-3-4-16(22)13-18/h3-5,12-13,17H,6-11H2,1-2H3,(H2,23,24,25,26,27,30). The van der Waals surface area contributed by atoms with Crippen LogP contribution in [0.5, 0.6) is 0 Å². The Morgan fingerprint density at radius 3 is 2.43 bits per heavy atom. The van der Waals surface area contributed by atoms with Crippen molar-refractivity contribution in [1.29, 1.82) is 0 Å². The summed E-state index contributed by atoms with van der Waals surface area (Å²) in [4.78, 5) is 18.2. The zero-order chi connectivity index (χ0) is 21.1. The van der Waals surface area contributed by atoms with Crippen molar-refractivity contribution in [2.24, 2.45) is 4.99 Å². The number of aromatic nitrogens is 2. The van der Waals surface area contributed by atoms with E-state index in [-0.39, 0.29) is 0 Å². The SMILES string of the molecule is Cc1cc(C)nc(N/C(=N/C(=S)NC2CC2)N2CCN(c3cccc(Cl)c3)CC2)n1. The maximum Gasteiger partial charge on any atom is 0.229 e. The number of guanidine groups is 1. The molecular weight excluding hydrogens is 418 g/mol. The Hall–Kier alpha value is -2.45. The molecule has 0 radical (unpaired) electrons. The molecule has 1 aliphatic heterocycles. The second kappa shape index (κ2) is 9.14. The Labute approximate surface area is 187 Å². The Morgan fingerprint density at radius 1 is 1.10 bits per heavy atom. The summed E-state index contributed by atoms with van der Waals surface area (Å²) in [6.07, 6.45) is 2.30. The van der Waals surface area contributed by atoms with Crippen LogP contribution >= 0.6 is 23.8 Å². The first-order chi connectivity index (χ1) is 14.5. The highest BCUT2D eigenvalue weighted by molar-refractivity contribution is 7.80. The highest BCUT2D eigenvalue weighted by atomic mass is 35.5. The Kier molecular flexibility index (Phi) is 6.34. The smallest absolute Gasteiger partial charge is 0.229 e. The minimum atomic E-state index is 0.458. The molecule has 1 saturated carbocycles. The number of halogens is 1. The number of thiocarbonyl (C=S) groups is 1. The molecule has 1 saturated heterocycles. The van der Waals surface area contributed by atoms with Crippen molar-refractivity contribution in [2.75, 3.05) is 36.4 Å². The van der Waals surface area contributed by atoms with Crippen LogP contribution in [0.25, 0.3) is 0 Å². The average Bonchev–Trinajstić information content (AvgIpc) is 3.51. The zero-order valence-corrected chi connectivity index (χ0v) is 18.8. The molecule has 1 aromatic carbocycles. The minimum absolute atomic E-state index is 0.458. The van der Waals surface area contributed by atoms with Crippen molar-refractivity contribution >= 4 is 46.5 Å². The quantitative estimate of drug-likeness (QED) is 0.428. The van der Waals surface area contributed by atoms with Gasteiger partial charge in [0.15, 0.2) is 5.11 Å². The summed E-state index contributed by atoms with van der Waals surface area (Å²) >= 11 is 11.6. The Morgan fingerprint density at radius 2 is 1.80 bits per heavy atom. The van der Waals surface area contributed by atoms with E-state index in [4.69, 9.17) is 23.8 Å². The highest BCUT2D eigenvalue weighted by Crippen LogP contribution is 2.21. The predicted molar refractivity (Wildman–Crippen MR) is 127 cm³/mol. The van der Waals surface area contributed by atoms with E-state index < -0.39 is 0 Å². The number of aliphatic imine (C=N–C) groups is 1. The van der Waals surface area contributed by atoms with Gasteiger partial charge < -0.3 is 15.1 Å². The summed E-state index contributed by atoms with van der Waals surface area (Å²) in [6.45, 7) is 7.24. The topological polar surface area (TPSA) is 68.7 Å². The van der Waals surface area contributed by atoms with E-state index >= 15 is 0 Å². The summed E-state index contributed by atoms with van der Waals surface area (Å²) in [5.41, 5.74) is 2.96. The van der Waals surface area contributed by atoms with Crippen LogP contribution < -0.4 is 15.5 Å². The normalized spacial score (nSPS) is 17.1. The average molecular weight is 444 g/mol. The van der Waals surface area contributed by atoms with Gasteiger partial charge in [0.2, 0.25) is 11.9 Å². The van der Waals surface area contributed by atoms with Gasteiger partial charge in [-0.3, -0.25) is 5.32 Å². The number of hydrogen-bond donors (Lipinski definition) is 2. The number of nitrogens with zero attached hydrogens (tertiary/aromatic N) is 5. The number of piperazine rings is 1. The lowest BCUT2D eigenvalue weighted by atomic mass is 10.2. The van der Waals surface area contributed by atoms with Gasteiger partial charge in [0.25, 0.3) is 0 Å². The Balaban J connectivity index is 1.49. The van der Waals surface area contributed by atoms with Crippen molar-refractivity contribution < 1.29 is 0 Å². The first-order valence-corrected chi connectivity index (χ1v) is 11.0. The lowest BCUT2D eigenvalue weighted by molar-refractivity contribution is 0.385. The third-order valence-electron chi connectivity index (χ3n) is 5.07. The molecule has 0 amide bonds. The second-order valence-electron chi connectivity index (χ2n) is 7.71. The zero-order valence-electron chi connectivity index (χ0n) is 17.2. The van der Waals surface area contributed by atoms with Crippen LogP contribution in [0.1, 0.15) is 24.2 Å². The number of hydrogen-bond acceptors (Lipinski definition) is 4. The summed E-state index contributed by atoms with van der Waals surface area (Å²) in [5, 5.41) is 7.84. The monoisotopic (exact) mass is 443 g/mol. The number of benzene rings is 1. The molecule has 9 heteroatoms. The molecule has 2 N–H and O–H groups in total. The number of anilines is 2. The van der Waals surface area contributed by atoms with E-state index in [1.165, 1.54) is 0 Å². The predicted octanol–water partition coefficient (Wildman–Crippen LogP) is 3.37. The van der Waals surface area contributed by atoms with Gasteiger partial charge in [-0.2, -0.15) is 4.99 Å². The van der Waals surface area contributed by atoms with Gasteiger partial charge >= 0.3 is 0 Å². The van der Waals surface area contributed by atoms with E-state index in [2.05, 4.69) is 41.5 Å². The molecule has 2 aliphatic rings. The summed E-state index contributed by atoms with van der Waals surface area (Å²) in [7, 11) is 0. The van der Waals surface area contributed by atoms with Crippen LogP contribution in [0.4, 0.5) is 11.6 Å². The van der Waals surface area contributed by atoms with Gasteiger partial charge in [-0.15, -0.1) is 0 Å².